The minimum atomic E-state index is -0.298. The number of anilines is 3. The fourth-order valence-corrected chi connectivity index (χ4v) is 6.95. The number of allylic oxidation sites excluding steroid dienone is 1. The zero-order chi connectivity index (χ0) is 26.2. The Morgan fingerprint density at radius 1 is 1.18 bits per heavy atom. The van der Waals surface area contributed by atoms with Gasteiger partial charge in [0, 0.05) is 25.2 Å². The second-order valence-electron chi connectivity index (χ2n) is 10.7. The Morgan fingerprint density at radius 3 is 2.76 bits per heavy atom. The molecule has 2 fully saturated rings. The van der Waals surface area contributed by atoms with Crippen molar-refractivity contribution in [2.75, 3.05) is 44.0 Å². The lowest BCUT2D eigenvalue weighted by Gasteiger charge is -2.34. The number of nitrogens with two attached hydrogens (primary N) is 1. The molecule has 1 saturated carbocycles. The maximum Gasteiger partial charge on any atom is 0.229 e. The highest BCUT2D eigenvalue weighted by atomic mass is 35.5. The van der Waals surface area contributed by atoms with Crippen LogP contribution in [0.15, 0.2) is 30.5 Å². The predicted octanol–water partition coefficient (Wildman–Crippen LogP) is 3.55. The lowest BCUT2D eigenvalue weighted by Crippen LogP contribution is -2.43. The monoisotopic (exact) mass is 538 g/mol. The Morgan fingerprint density at radius 2 is 1.97 bits per heavy atom. The van der Waals surface area contributed by atoms with Crippen LogP contribution >= 0.6 is 11.6 Å². The molecule has 4 N–H and O–H groups in total. The molecule has 3 aliphatic carbocycles. The molecular formula is C28H35ClN6O3. The van der Waals surface area contributed by atoms with E-state index >= 15 is 0 Å². The van der Waals surface area contributed by atoms with Gasteiger partial charge in [0.05, 0.1) is 38.1 Å². The van der Waals surface area contributed by atoms with Crippen molar-refractivity contribution in [3.05, 3.63) is 46.6 Å². The van der Waals surface area contributed by atoms with Gasteiger partial charge in [-0.15, -0.1) is 0 Å². The van der Waals surface area contributed by atoms with Crippen molar-refractivity contribution >= 4 is 35.0 Å². The molecule has 38 heavy (non-hydrogen) atoms. The number of primary amides is 1. The van der Waals surface area contributed by atoms with Crippen molar-refractivity contribution in [3.8, 4) is 5.75 Å². The number of hydrogen-bond donors (Lipinski definition) is 3. The number of ether oxygens (including phenoxy) is 2. The summed E-state index contributed by atoms with van der Waals surface area (Å²) in [7, 11) is 1.72. The number of aryl methyl sites for hydroxylation is 1. The van der Waals surface area contributed by atoms with Crippen LogP contribution < -0.4 is 21.1 Å². The van der Waals surface area contributed by atoms with Crippen LogP contribution in [-0.2, 0) is 22.4 Å². The maximum atomic E-state index is 12.2. The topological polar surface area (TPSA) is 115 Å². The molecule has 2 heterocycles. The molecule has 1 aromatic carbocycles. The van der Waals surface area contributed by atoms with Crippen molar-refractivity contribution in [1.29, 1.82) is 0 Å². The van der Waals surface area contributed by atoms with E-state index in [-0.39, 0.29) is 29.7 Å². The summed E-state index contributed by atoms with van der Waals surface area (Å²) < 4.78 is 11.5. The average Bonchev–Trinajstić information content (AvgIpc) is 3.46. The second-order valence-corrected chi connectivity index (χ2v) is 11.1. The molecule has 10 heteroatoms. The minimum absolute atomic E-state index is 0.135. The number of halogens is 1. The van der Waals surface area contributed by atoms with Gasteiger partial charge in [0.1, 0.15) is 10.8 Å². The number of hydrogen-bond acceptors (Lipinski definition) is 8. The highest BCUT2D eigenvalue weighted by Crippen LogP contribution is 2.45. The van der Waals surface area contributed by atoms with E-state index in [4.69, 9.17) is 26.8 Å². The number of carbonyl (C=O) groups excluding carboxylic acids is 1. The van der Waals surface area contributed by atoms with Gasteiger partial charge in [-0.25, -0.2) is 4.98 Å². The van der Waals surface area contributed by atoms with Crippen molar-refractivity contribution in [1.82, 2.24) is 14.9 Å². The van der Waals surface area contributed by atoms with Gasteiger partial charge in [-0.3, -0.25) is 9.69 Å². The number of aromatic nitrogens is 2. The van der Waals surface area contributed by atoms with Crippen molar-refractivity contribution < 1.29 is 14.3 Å². The van der Waals surface area contributed by atoms with Crippen LogP contribution in [0, 0.1) is 17.8 Å². The van der Waals surface area contributed by atoms with Crippen LogP contribution in [0.25, 0.3) is 0 Å². The van der Waals surface area contributed by atoms with Crippen molar-refractivity contribution in [2.24, 2.45) is 23.5 Å². The summed E-state index contributed by atoms with van der Waals surface area (Å²) >= 11 is 6.47. The molecule has 1 amide bonds. The molecule has 1 aromatic heterocycles. The van der Waals surface area contributed by atoms with E-state index in [1.54, 1.807) is 13.3 Å². The van der Waals surface area contributed by atoms with E-state index in [1.165, 1.54) is 11.1 Å². The quantitative estimate of drug-likeness (QED) is 0.362. The number of nitrogens with zero attached hydrogens (tertiary/aromatic N) is 3. The molecule has 0 spiro atoms. The van der Waals surface area contributed by atoms with Gasteiger partial charge in [-0.05, 0) is 61.1 Å². The first-order valence-corrected chi connectivity index (χ1v) is 13.9. The van der Waals surface area contributed by atoms with Crippen LogP contribution in [0.3, 0.4) is 0 Å². The van der Waals surface area contributed by atoms with Gasteiger partial charge < -0.3 is 25.8 Å². The molecule has 9 nitrogen and oxygen atoms in total. The third-order valence-electron chi connectivity index (χ3n) is 8.68. The van der Waals surface area contributed by atoms with Gasteiger partial charge in [-0.1, -0.05) is 29.8 Å². The molecular weight excluding hydrogens is 504 g/mol. The number of carbonyl (C=O) groups is 1. The first kappa shape index (κ1) is 25.4. The van der Waals surface area contributed by atoms with Crippen LogP contribution in [0.1, 0.15) is 30.4 Å². The van der Waals surface area contributed by atoms with Crippen LogP contribution in [-0.4, -0.2) is 66.3 Å². The van der Waals surface area contributed by atoms with Crippen LogP contribution in [0.4, 0.5) is 17.5 Å². The Balaban J connectivity index is 1.21. The summed E-state index contributed by atoms with van der Waals surface area (Å²) in [5.74, 6) is 1.55. The summed E-state index contributed by atoms with van der Waals surface area (Å²) in [5.41, 5.74) is 9.14. The number of amides is 1. The van der Waals surface area contributed by atoms with Gasteiger partial charge in [0.15, 0.2) is 5.82 Å². The van der Waals surface area contributed by atoms with E-state index in [1.807, 2.05) is 6.07 Å². The fourth-order valence-electron chi connectivity index (χ4n) is 6.81. The molecule has 4 aliphatic rings. The van der Waals surface area contributed by atoms with Crippen molar-refractivity contribution in [3.63, 3.8) is 0 Å². The summed E-state index contributed by atoms with van der Waals surface area (Å²) in [4.78, 5) is 23.8. The lowest BCUT2D eigenvalue weighted by atomic mass is 9.88. The normalized spacial score (nSPS) is 28.5. The number of methoxy groups -OCH3 is 1. The zero-order valence-electron chi connectivity index (χ0n) is 21.7. The Kier molecular flexibility index (Phi) is 7.16. The maximum absolute atomic E-state index is 12.2. The molecule has 1 saturated heterocycles. The van der Waals surface area contributed by atoms with E-state index in [2.05, 4.69) is 43.7 Å². The number of fused-ring (bicyclic) bond motifs is 3. The fraction of sp³-hybridized carbons (Fsp3) is 0.536. The standard InChI is InChI=1S/C28H35ClN6O3/c1-37-25-20-8-7-19(35-10-12-38-13-11-35)6-4-16(20)5-9-22(25)32-28-31-15-21(29)27(34-28)33-24-18-3-2-17(14-18)23(24)26(30)36/h2-3,5,9,15,17-19,23-24H,4,6-8,10-14H2,1H3,(H2,30,36)(H2,31,32,33,34)/t17-,18-,19-,23-,24+/m0/s1. The van der Waals surface area contributed by atoms with Crippen molar-refractivity contribution in [2.45, 2.75) is 44.2 Å². The number of benzene rings is 1. The molecule has 2 bridgehead atoms. The lowest BCUT2D eigenvalue weighted by molar-refractivity contribution is -0.122. The first-order chi connectivity index (χ1) is 18.5. The van der Waals surface area contributed by atoms with Gasteiger partial charge in [0.25, 0.3) is 0 Å². The van der Waals surface area contributed by atoms with E-state index in [0.29, 0.717) is 22.8 Å². The number of rotatable bonds is 7. The highest BCUT2D eigenvalue weighted by Gasteiger charge is 2.47. The Hall–Kier alpha value is -2.88. The van der Waals surface area contributed by atoms with Crippen LogP contribution in [0.5, 0.6) is 5.75 Å². The van der Waals surface area contributed by atoms with Crippen LogP contribution in [0.2, 0.25) is 5.02 Å². The Bertz CT molecular complexity index is 1230. The third kappa shape index (κ3) is 4.83. The molecule has 0 unspecified atom stereocenters. The molecule has 5 atom stereocenters. The summed E-state index contributed by atoms with van der Waals surface area (Å²) in [6.45, 7) is 3.66. The molecule has 0 radical (unpaired) electrons. The van der Waals surface area contributed by atoms with E-state index in [0.717, 1.165) is 69.8 Å². The third-order valence-corrected chi connectivity index (χ3v) is 8.96. The molecule has 202 valence electrons. The van der Waals surface area contributed by atoms with Gasteiger partial charge in [-0.2, -0.15) is 4.98 Å². The summed E-state index contributed by atoms with van der Waals surface area (Å²) in [6.07, 6.45) is 11.0. The molecule has 2 aromatic rings. The summed E-state index contributed by atoms with van der Waals surface area (Å²) in [6, 6.07) is 4.66. The second kappa shape index (κ2) is 10.7. The molecule has 6 rings (SSSR count). The number of nitrogens with one attached hydrogen (secondary N) is 2. The average molecular weight is 539 g/mol. The predicted molar refractivity (Wildman–Crippen MR) is 147 cm³/mol. The highest BCUT2D eigenvalue weighted by molar-refractivity contribution is 6.32. The Labute approximate surface area is 228 Å². The SMILES string of the molecule is COc1c(Nc2ncc(Cl)c(N[C@H]3[C@@H](C(N)=O)[C@H]4C=C[C@H]3C4)n2)ccc2c1CC[C@@H](N1CCOCC1)CC2. The number of morpholine rings is 1. The smallest absolute Gasteiger partial charge is 0.229 e. The van der Waals surface area contributed by atoms with E-state index < -0.39 is 0 Å². The van der Waals surface area contributed by atoms with Gasteiger partial charge in [0.2, 0.25) is 11.9 Å². The van der Waals surface area contributed by atoms with E-state index in [9.17, 15) is 4.79 Å². The minimum Gasteiger partial charge on any atom is -0.494 e. The zero-order valence-corrected chi connectivity index (χ0v) is 22.4. The van der Waals surface area contributed by atoms with Gasteiger partial charge >= 0.3 is 0 Å². The summed E-state index contributed by atoms with van der Waals surface area (Å²) in [5, 5.41) is 7.15. The molecule has 1 aliphatic heterocycles. The largest absolute Gasteiger partial charge is 0.494 e. The first-order valence-electron chi connectivity index (χ1n) is 13.6.